The number of amides is 2. The fraction of sp³-hybridized carbons (Fsp3) is 0.533. The van der Waals surface area contributed by atoms with E-state index in [1.54, 1.807) is 11.0 Å². The lowest BCUT2D eigenvalue weighted by Crippen LogP contribution is -2.36. The molecule has 1 aliphatic rings. The van der Waals surface area contributed by atoms with Crippen molar-refractivity contribution in [1.29, 1.82) is 0 Å². The van der Waals surface area contributed by atoms with Gasteiger partial charge in [-0.05, 0) is 50.8 Å². The number of benzene rings is 1. The second-order valence-electron chi connectivity index (χ2n) is 5.73. The zero-order valence-corrected chi connectivity index (χ0v) is 12.7. The van der Waals surface area contributed by atoms with Crippen LogP contribution >= 0.6 is 11.6 Å². The van der Waals surface area contributed by atoms with Crippen molar-refractivity contribution in [3.63, 3.8) is 0 Å². The molecule has 20 heavy (non-hydrogen) atoms. The molecular formula is C15H21ClN2O2. The monoisotopic (exact) mass is 296 g/mol. The minimum Gasteiger partial charge on any atom is -0.390 e. The van der Waals surface area contributed by atoms with Crippen LogP contribution in [0.25, 0.3) is 0 Å². The van der Waals surface area contributed by atoms with Gasteiger partial charge in [-0.15, -0.1) is 0 Å². The molecule has 2 amide bonds. The van der Waals surface area contributed by atoms with E-state index < -0.39 is 5.60 Å². The lowest BCUT2D eigenvalue weighted by molar-refractivity contribution is 0.0458. The van der Waals surface area contributed by atoms with Crippen LogP contribution in [0.5, 0.6) is 0 Å². The molecule has 4 nitrogen and oxygen atoms in total. The van der Waals surface area contributed by atoms with Crippen LogP contribution in [0.1, 0.15) is 31.7 Å². The molecule has 1 fully saturated rings. The van der Waals surface area contributed by atoms with E-state index in [1.165, 1.54) is 0 Å². The normalized spacial score (nSPS) is 23.3. The standard InChI is InChI=1S/C15H21ClN2O2/c1-11-4-5-12(10-13(11)16)17-14(19)18-8-3-6-15(2,20)7-9-18/h4-5,10,20H,3,6-9H2,1-2H3,(H,17,19). The first-order valence-corrected chi connectivity index (χ1v) is 7.30. The van der Waals surface area contributed by atoms with Gasteiger partial charge in [-0.3, -0.25) is 0 Å². The number of aliphatic hydroxyl groups is 1. The topological polar surface area (TPSA) is 52.6 Å². The largest absolute Gasteiger partial charge is 0.390 e. The number of aryl methyl sites for hydroxylation is 1. The Bertz CT molecular complexity index is 503. The smallest absolute Gasteiger partial charge is 0.321 e. The third-order valence-corrected chi connectivity index (χ3v) is 4.18. The van der Waals surface area contributed by atoms with E-state index in [0.717, 1.165) is 18.4 Å². The fourth-order valence-electron chi connectivity index (χ4n) is 2.34. The Hall–Kier alpha value is -1.26. The molecule has 1 aromatic carbocycles. The van der Waals surface area contributed by atoms with Crippen molar-refractivity contribution in [2.45, 2.75) is 38.7 Å². The summed E-state index contributed by atoms with van der Waals surface area (Å²) < 4.78 is 0. The van der Waals surface area contributed by atoms with Gasteiger partial charge in [-0.1, -0.05) is 17.7 Å². The van der Waals surface area contributed by atoms with E-state index in [1.807, 2.05) is 26.0 Å². The van der Waals surface area contributed by atoms with E-state index in [0.29, 0.717) is 30.2 Å². The predicted molar refractivity (Wildman–Crippen MR) is 81.3 cm³/mol. The van der Waals surface area contributed by atoms with E-state index in [4.69, 9.17) is 11.6 Å². The number of nitrogens with one attached hydrogen (secondary N) is 1. The third kappa shape index (κ3) is 3.87. The van der Waals surface area contributed by atoms with Gasteiger partial charge >= 0.3 is 6.03 Å². The molecular weight excluding hydrogens is 276 g/mol. The number of rotatable bonds is 1. The van der Waals surface area contributed by atoms with Crippen LogP contribution in [-0.4, -0.2) is 34.7 Å². The number of halogens is 1. The van der Waals surface area contributed by atoms with Crippen LogP contribution in [0.2, 0.25) is 5.02 Å². The molecule has 0 spiro atoms. The highest BCUT2D eigenvalue weighted by Gasteiger charge is 2.27. The number of carbonyl (C=O) groups excluding carboxylic acids is 1. The minimum absolute atomic E-state index is 0.136. The van der Waals surface area contributed by atoms with Crippen LogP contribution in [0.3, 0.4) is 0 Å². The van der Waals surface area contributed by atoms with Gasteiger partial charge in [0.05, 0.1) is 5.60 Å². The SMILES string of the molecule is Cc1ccc(NC(=O)N2CCCC(C)(O)CC2)cc1Cl. The van der Waals surface area contributed by atoms with Gasteiger partial charge in [0, 0.05) is 23.8 Å². The minimum atomic E-state index is -0.664. The maximum atomic E-state index is 12.2. The molecule has 2 rings (SSSR count). The van der Waals surface area contributed by atoms with E-state index in [9.17, 15) is 9.90 Å². The summed E-state index contributed by atoms with van der Waals surface area (Å²) in [4.78, 5) is 14.0. The summed E-state index contributed by atoms with van der Waals surface area (Å²) >= 11 is 6.05. The second kappa shape index (κ2) is 6.02. The summed E-state index contributed by atoms with van der Waals surface area (Å²) in [5.41, 5.74) is 1.01. The average molecular weight is 297 g/mol. The Morgan fingerprint density at radius 1 is 1.40 bits per heavy atom. The Kier molecular flexibility index (Phi) is 4.55. The molecule has 1 saturated heterocycles. The van der Waals surface area contributed by atoms with Crippen molar-refractivity contribution in [2.75, 3.05) is 18.4 Å². The molecule has 1 unspecified atom stereocenters. The van der Waals surface area contributed by atoms with Gasteiger partial charge in [-0.25, -0.2) is 4.79 Å². The van der Waals surface area contributed by atoms with Gasteiger partial charge in [0.15, 0.2) is 0 Å². The molecule has 1 aliphatic heterocycles. The molecule has 0 saturated carbocycles. The van der Waals surface area contributed by atoms with Crippen molar-refractivity contribution in [3.8, 4) is 0 Å². The van der Waals surface area contributed by atoms with E-state index >= 15 is 0 Å². The Labute approximate surface area is 124 Å². The summed E-state index contributed by atoms with van der Waals surface area (Å²) in [5, 5.41) is 13.5. The first-order chi connectivity index (χ1) is 9.37. The van der Waals surface area contributed by atoms with E-state index in [-0.39, 0.29) is 6.03 Å². The van der Waals surface area contributed by atoms with E-state index in [2.05, 4.69) is 5.32 Å². The number of hydrogen-bond donors (Lipinski definition) is 2. The number of urea groups is 1. The number of likely N-dealkylation sites (tertiary alicyclic amines) is 1. The summed E-state index contributed by atoms with van der Waals surface area (Å²) in [6.45, 7) is 4.99. The average Bonchev–Trinajstić information content (AvgIpc) is 2.55. The molecule has 2 N–H and O–H groups in total. The number of carbonyl (C=O) groups is 1. The summed E-state index contributed by atoms with van der Waals surface area (Å²) in [7, 11) is 0. The van der Waals surface area contributed by atoms with Gasteiger partial charge in [0.1, 0.15) is 0 Å². The predicted octanol–water partition coefficient (Wildman–Crippen LogP) is 3.42. The maximum Gasteiger partial charge on any atom is 0.321 e. The third-order valence-electron chi connectivity index (χ3n) is 3.77. The molecule has 0 radical (unpaired) electrons. The highest BCUT2D eigenvalue weighted by molar-refractivity contribution is 6.31. The van der Waals surface area contributed by atoms with Crippen molar-refractivity contribution >= 4 is 23.3 Å². The lowest BCUT2D eigenvalue weighted by Gasteiger charge is -2.23. The Morgan fingerprint density at radius 3 is 2.85 bits per heavy atom. The Balaban J connectivity index is 1.99. The summed E-state index contributed by atoms with van der Waals surface area (Å²) in [6.07, 6.45) is 2.15. The lowest BCUT2D eigenvalue weighted by atomic mass is 9.98. The summed E-state index contributed by atoms with van der Waals surface area (Å²) in [6, 6.07) is 5.34. The molecule has 1 aromatic rings. The van der Waals surface area contributed by atoms with Gasteiger partial charge < -0.3 is 15.3 Å². The van der Waals surface area contributed by atoms with Crippen LogP contribution < -0.4 is 5.32 Å². The fourth-order valence-corrected chi connectivity index (χ4v) is 2.52. The maximum absolute atomic E-state index is 12.2. The molecule has 0 aromatic heterocycles. The molecule has 0 aliphatic carbocycles. The van der Waals surface area contributed by atoms with Crippen molar-refractivity contribution in [1.82, 2.24) is 4.90 Å². The van der Waals surface area contributed by atoms with Crippen LogP contribution in [0, 0.1) is 6.92 Å². The molecule has 1 atom stereocenters. The number of nitrogens with zero attached hydrogens (tertiary/aromatic N) is 1. The Morgan fingerprint density at radius 2 is 2.15 bits per heavy atom. The zero-order valence-electron chi connectivity index (χ0n) is 11.9. The van der Waals surface area contributed by atoms with Crippen LogP contribution in [-0.2, 0) is 0 Å². The van der Waals surface area contributed by atoms with Gasteiger partial charge in [0.25, 0.3) is 0 Å². The number of hydrogen-bond acceptors (Lipinski definition) is 2. The molecule has 0 bridgehead atoms. The van der Waals surface area contributed by atoms with Crippen molar-refractivity contribution in [3.05, 3.63) is 28.8 Å². The summed E-state index contributed by atoms with van der Waals surface area (Å²) in [5.74, 6) is 0. The zero-order chi connectivity index (χ0) is 14.8. The van der Waals surface area contributed by atoms with Gasteiger partial charge in [0.2, 0.25) is 0 Å². The van der Waals surface area contributed by atoms with Crippen molar-refractivity contribution < 1.29 is 9.90 Å². The first kappa shape index (κ1) is 15.1. The first-order valence-electron chi connectivity index (χ1n) is 6.92. The number of anilines is 1. The second-order valence-corrected chi connectivity index (χ2v) is 6.14. The van der Waals surface area contributed by atoms with Crippen LogP contribution in [0.15, 0.2) is 18.2 Å². The highest BCUT2D eigenvalue weighted by atomic mass is 35.5. The van der Waals surface area contributed by atoms with Crippen molar-refractivity contribution in [2.24, 2.45) is 0 Å². The molecule has 1 heterocycles. The highest BCUT2D eigenvalue weighted by Crippen LogP contribution is 2.23. The van der Waals surface area contributed by atoms with Crippen LogP contribution in [0.4, 0.5) is 10.5 Å². The molecule has 5 heteroatoms. The molecule has 110 valence electrons. The van der Waals surface area contributed by atoms with Gasteiger partial charge in [-0.2, -0.15) is 0 Å². The quantitative estimate of drug-likeness (QED) is 0.834.